The quantitative estimate of drug-likeness (QED) is 0.162. The zero-order valence-corrected chi connectivity index (χ0v) is 23.6. The molecule has 0 aliphatic heterocycles. The fraction of sp³-hybridized carbons (Fsp3) is 1.00. The Morgan fingerprint density at radius 3 is 1.38 bits per heavy atom. The van der Waals surface area contributed by atoms with E-state index in [0.29, 0.717) is 12.8 Å². The van der Waals surface area contributed by atoms with E-state index < -0.39 is 21.5 Å². The molecule has 0 saturated heterocycles. The van der Waals surface area contributed by atoms with Crippen molar-refractivity contribution in [3.63, 3.8) is 0 Å². The minimum atomic E-state index is -4.31. The molecule has 2 unspecified atom stereocenters. The predicted molar refractivity (Wildman–Crippen MR) is 119 cm³/mol. The molecule has 0 spiro atoms. The summed E-state index contributed by atoms with van der Waals surface area (Å²) >= 11 is 0. The van der Waals surface area contributed by atoms with Crippen molar-refractivity contribution in [3.8, 4) is 0 Å². The zero-order valence-electron chi connectivity index (χ0n) is 19.7. The zero-order chi connectivity index (χ0) is 21.1. The van der Waals surface area contributed by atoms with Crippen LogP contribution in [0, 0.1) is 0 Å². The Morgan fingerprint density at radius 1 is 0.655 bits per heavy atom. The molecule has 0 heterocycles. The predicted octanol–water partition coefficient (Wildman–Crippen LogP) is 3.72. The van der Waals surface area contributed by atoms with Crippen molar-refractivity contribution < 1.29 is 69.5 Å². The minimum absolute atomic E-state index is 0. The van der Waals surface area contributed by atoms with Crippen molar-refractivity contribution in [1.82, 2.24) is 0 Å². The van der Waals surface area contributed by atoms with E-state index in [1.165, 1.54) is 77.0 Å². The molecule has 1 N–H and O–H groups in total. The molecule has 6 heteroatoms. The largest absolute Gasteiger partial charge is 1.00 e. The third-order valence-corrected chi connectivity index (χ3v) is 6.94. The molecule has 29 heavy (non-hydrogen) atoms. The molecule has 0 aliphatic carbocycles. The van der Waals surface area contributed by atoms with E-state index in [1.807, 2.05) is 6.92 Å². The van der Waals surface area contributed by atoms with Gasteiger partial charge in [-0.3, -0.25) is 0 Å². The minimum Gasteiger partial charge on any atom is -0.748 e. The summed E-state index contributed by atoms with van der Waals surface area (Å²) in [5.41, 5.74) is 0. The van der Waals surface area contributed by atoms with E-state index in [2.05, 4.69) is 6.92 Å². The molecule has 0 aromatic rings. The summed E-state index contributed by atoms with van der Waals surface area (Å²) in [5, 5.41) is 8.88. The maximum absolute atomic E-state index is 11.4. The summed E-state index contributed by atoms with van der Waals surface area (Å²) in [5.74, 6) is 0. The van der Waals surface area contributed by atoms with E-state index in [1.54, 1.807) is 0 Å². The Kier molecular flexibility index (Phi) is 25.6. The number of rotatable bonds is 21. The van der Waals surface area contributed by atoms with Gasteiger partial charge in [-0.2, -0.15) is 0 Å². The summed E-state index contributed by atoms with van der Waals surface area (Å²) < 4.78 is 34.2. The molecule has 170 valence electrons. The van der Waals surface area contributed by atoms with Crippen LogP contribution < -0.4 is 51.4 Å². The summed E-state index contributed by atoms with van der Waals surface area (Å²) in [4.78, 5) is 0. The number of aliphatic hydroxyl groups is 1. The van der Waals surface area contributed by atoms with Crippen LogP contribution in [0.1, 0.15) is 136 Å². The SMILES string of the molecule is CCCCCCCCCCCCCCCCCC(CC(O)CCC)S(=O)(=O)[O-].[K+]. The molecule has 2 atom stereocenters. The van der Waals surface area contributed by atoms with E-state index in [4.69, 9.17) is 0 Å². The van der Waals surface area contributed by atoms with Crippen molar-refractivity contribution in [3.05, 3.63) is 0 Å². The van der Waals surface area contributed by atoms with Crippen LogP contribution >= 0.6 is 0 Å². The van der Waals surface area contributed by atoms with Gasteiger partial charge in [-0.15, -0.1) is 0 Å². The molecular weight excluding hydrogens is 411 g/mol. The van der Waals surface area contributed by atoms with Crippen LogP contribution in [0.2, 0.25) is 0 Å². The second kappa shape index (κ2) is 22.7. The van der Waals surface area contributed by atoms with Gasteiger partial charge >= 0.3 is 51.4 Å². The van der Waals surface area contributed by atoms with Gasteiger partial charge in [-0.05, 0) is 19.3 Å². The van der Waals surface area contributed by atoms with E-state index in [-0.39, 0.29) is 57.8 Å². The van der Waals surface area contributed by atoms with E-state index in [9.17, 15) is 18.1 Å². The normalized spacial score (nSPS) is 13.8. The van der Waals surface area contributed by atoms with Crippen LogP contribution in [0.25, 0.3) is 0 Å². The summed E-state index contributed by atoms with van der Waals surface area (Å²) in [6, 6.07) is 0. The molecule has 0 aliphatic rings. The van der Waals surface area contributed by atoms with Gasteiger partial charge in [-0.25, -0.2) is 8.42 Å². The standard InChI is InChI=1S/C23H48O4S.K/c1-3-5-6-7-8-9-10-11-12-13-14-15-16-17-18-20-23(28(25,26)27)21-22(24)19-4-2;/h22-24H,3-21H2,1-2H3,(H,25,26,27);/q;+1/p-1. The number of hydrogen-bond acceptors (Lipinski definition) is 4. The smallest absolute Gasteiger partial charge is 0.748 e. The fourth-order valence-electron chi connectivity index (χ4n) is 3.88. The topological polar surface area (TPSA) is 77.4 Å². The van der Waals surface area contributed by atoms with Crippen molar-refractivity contribution in [1.29, 1.82) is 0 Å². The molecule has 0 aromatic heterocycles. The first-order chi connectivity index (χ1) is 13.4. The van der Waals surface area contributed by atoms with Crippen LogP contribution in [0.15, 0.2) is 0 Å². The summed E-state index contributed by atoms with van der Waals surface area (Å²) in [6.45, 7) is 4.20. The first kappa shape index (κ1) is 32.7. The second-order valence-electron chi connectivity index (χ2n) is 8.53. The van der Waals surface area contributed by atoms with Gasteiger partial charge in [0.25, 0.3) is 0 Å². The molecule has 0 rings (SSSR count). The number of unbranched alkanes of at least 4 members (excludes halogenated alkanes) is 14. The first-order valence-electron chi connectivity index (χ1n) is 12.0. The average molecular weight is 459 g/mol. The molecule has 0 amide bonds. The Hall–Kier alpha value is 1.51. The van der Waals surface area contributed by atoms with Crippen LogP contribution in [-0.4, -0.2) is 29.4 Å². The van der Waals surface area contributed by atoms with Crippen molar-refractivity contribution in [2.75, 3.05) is 0 Å². The molecule has 4 nitrogen and oxygen atoms in total. The van der Waals surface area contributed by atoms with Crippen LogP contribution in [-0.2, 0) is 10.1 Å². The average Bonchev–Trinajstić information content (AvgIpc) is 2.63. The van der Waals surface area contributed by atoms with Crippen molar-refractivity contribution in [2.45, 2.75) is 147 Å². The molecule has 0 fully saturated rings. The van der Waals surface area contributed by atoms with Gasteiger partial charge in [-0.1, -0.05) is 117 Å². The fourth-order valence-corrected chi connectivity index (χ4v) is 4.79. The number of hydrogen-bond donors (Lipinski definition) is 1. The van der Waals surface area contributed by atoms with Crippen molar-refractivity contribution >= 4 is 10.1 Å². The van der Waals surface area contributed by atoms with Gasteiger partial charge in [0.15, 0.2) is 0 Å². The Balaban J connectivity index is 0. The Bertz CT molecular complexity index is 429. The maximum Gasteiger partial charge on any atom is 1.00 e. The monoisotopic (exact) mass is 458 g/mol. The first-order valence-corrected chi connectivity index (χ1v) is 13.5. The van der Waals surface area contributed by atoms with E-state index in [0.717, 1.165) is 25.7 Å². The van der Waals surface area contributed by atoms with Gasteiger partial charge < -0.3 is 9.66 Å². The molecule has 0 bridgehead atoms. The van der Waals surface area contributed by atoms with E-state index >= 15 is 0 Å². The maximum atomic E-state index is 11.4. The summed E-state index contributed by atoms with van der Waals surface area (Å²) in [6.07, 6.45) is 20.2. The molecular formula is C23H47KO4S. The van der Waals surface area contributed by atoms with Crippen molar-refractivity contribution in [2.24, 2.45) is 0 Å². The Morgan fingerprint density at radius 2 is 1.03 bits per heavy atom. The third kappa shape index (κ3) is 22.5. The molecule has 0 saturated carbocycles. The molecule has 0 aromatic carbocycles. The summed E-state index contributed by atoms with van der Waals surface area (Å²) in [7, 11) is -4.31. The van der Waals surface area contributed by atoms with Gasteiger partial charge in [0.2, 0.25) is 0 Å². The second-order valence-corrected chi connectivity index (χ2v) is 10.2. The van der Waals surface area contributed by atoms with Gasteiger partial charge in [0, 0.05) is 0 Å². The van der Waals surface area contributed by atoms with Gasteiger partial charge in [0.05, 0.1) is 21.5 Å². The third-order valence-electron chi connectivity index (χ3n) is 5.69. The van der Waals surface area contributed by atoms with Crippen LogP contribution in [0.4, 0.5) is 0 Å². The van der Waals surface area contributed by atoms with Crippen LogP contribution in [0.5, 0.6) is 0 Å². The Labute approximate surface area is 224 Å². The number of aliphatic hydroxyl groups excluding tert-OH is 1. The van der Waals surface area contributed by atoms with Crippen LogP contribution in [0.3, 0.4) is 0 Å². The van der Waals surface area contributed by atoms with Gasteiger partial charge in [0.1, 0.15) is 0 Å². The molecule has 0 radical (unpaired) electrons.